The Morgan fingerprint density at radius 1 is 1.31 bits per heavy atom. The number of nitrogens with zero attached hydrogens (tertiary/aromatic N) is 1. The summed E-state index contributed by atoms with van der Waals surface area (Å²) in [5, 5.41) is 2.81. The van der Waals surface area contributed by atoms with Crippen LogP contribution < -0.4 is 15.8 Å². The maximum atomic E-state index is 11.0. The number of nitrogens with one attached hydrogen (secondary N) is 2. The fraction of sp³-hybridized carbons (Fsp3) is 0.875. The molecule has 0 aromatic heterocycles. The molecule has 0 aromatic carbocycles. The molecule has 98 valence electrons. The predicted molar refractivity (Wildman–Crippen MR) is 77.7 cm³/mol. The molecule has 16 heavy (non-hydrogen) atoms. The molecule has 0 spiro atoms. The Balaban J connectivity index is 0. The minimum atomic E-state index is -3.11. The number of aliphatic imine (C=N–C) groups is 1. The number of hydrogen-bond acceptors (Lipinski definition) is 3. The van der Waals surface area contributed by atoms with E-state index in [0.717, 1.165) is 6.42 Å². The number of nitrogens with two attached hydrogens (primary N) is 1. The van der Waals surface area contributed by atoms with Crippen LogP contribution >= 0.6 is 24.0 Å². The van der Waals surface area contributed by atoms with E-state index in [1.807, 2.05) is 6.92 Å². The zero-order valence-corrected chi connectivity index (χ0v) is 12.8. The summed E-state index contributed by atoms with van der Waals surface area (Å²) < 4.78 is 24.5. The summed E-state index contributed by atoms with van der Waals surface area (Å²) >= 11 is 0. The highest BCUT2D eigenvalue weighted by atomic mass is 127. The van der Waals surface area contributed by atoms with Crippen LogP contribution in [-0.4, -0.2) is 39.8 Å². The number of hydrogen-bond donors (Lipinski definition) is 3. The first-order valence-corrected chi connectivity index (χ1v) is 6.68. The molecule has 0 saturated carbocycles. The molecule has 4 N–H and O–H groups in total. The molecule has 0 atom stereocenters. The van der Waals surface area contributed by atoms with E-state index in [1.54, 1.807) is 6.92 Å². The van der Waals surface area contributed by atoms with E-state index >= 15 is 0 Å². The van der Waals surface area contributed by atoms with E-state index in [4.69, 9.17) is 5.73 Å². The van der Waals surface area contributed by atoms with Gasteiger partial charge in [0.25, 0.3) is 0 Å². The van der Waals surface area contributed by atoms with Crippen LogP contribution in [0.2, 0.25) is 0 Å². The fourth-order valence-corrected chi connectivity index (χ4v) is 1.40. The lowest BCUT2D eigenvalue weighted by molar-refractivity contribution is 0.582. The average molecular weight is 364 g/mol. The standard InChI is InChI=1S/C8H20N4O2S.HI/c1-3-5-10-8(9)11-6-7-12-15(13,14)4-2;/h12H,3-7H2,1-2H3,(H3,9,10,11);1H. The van der Waals surface area contributed by atoms with Gasteiger partial charge in [-0.05, 0) is 13.3 Å². The Labute approximate surface area is 115 Å². The molecular formula is C8H21IN4O2S. The van der Waals surface area contributed by atoms with Gasteiger partial charge in [-0.15, -0.1) is 24.0 Å². The van der Waals surface area contributed by atoms with Crippen molar-refractivity contribution in [2.24, 2.45) is 10.7 Å². The summed E-state index contributed by atoms with van der Waals surface area (Å²) in [6.45, 7) is 5.04. The minimum Gasteiger partial charge on any atom is -0.370 e. The Bertz CT molecular complexity index is 292. The number of sulfonamides is 1. The molecule has 0 saturated heterocycles. The topological polar surface area (TPSA) is 96.6 Å². The van der Waals surface area contributed by atoms with E-state index in [2.05, 4.69) is 15.0 Å². The van der Waals surface area contributed by atoms with Gasteiger partial charge in [-0.1, -0.05) is 6.92 Å². The molecule has 0 unspecified atom stereocenters. The minimum absolute atomic E-state index is 0. The van der Waals surface area contributed by atoms with E-state index < -0.39 is 10.0 Å². The molecule has 0 aromatic rings. The maximum Gasteiger partial charge on any atom is 0.211 e. The summed E-state index contributed by atoms with van der Waals surface area (Å²) in [4.78, 5) is 4.00. The van der Waals surface area contributed by atoms with Gasteiger partial charge in [-0.3, -0.25) is 4.99 Å². The van der Waals surface area contributed by atoms with Crippen molar-refractivity contribution in [1.29, 1.82) is 0 Å². The molecule has 8 heteroatoms. The second-order valence-electron chi connectivity index (χ2n) is 2.99. The van der Waals surface area contributed by atoms with Crippen LogP contribution in [0.25, 0.3) is 0 Å². The molecule has 0 heterocycles. The van der Waals surface area contributed by atoms with Gasteiger partial charge in [-0.25, -0.2) is 13.1 Å². The van der Waals surface area contributed by atoms with Crippen molar-refractivity contribution < 1.29 is 8.42 Å². The van der Waals surface area contributed by atoms with Gasteiger partial charge in [0.05, 0.1) is 5.75 Å². The second-order valence-corrected chi connectivity index (χ2v) is 5.09. The normalized spacial score (nSPS) is 12.0. The summed E-state index contributed by atoms with van der Waals surface area (Å²) in [5.74, 6) is 0.444. The van der Waals surface area contributed by atoms with Gasteiger partial charge in [0.2, 0.25) is 10.0 Å². The highest BCUT2D eigenvalue weighted by Crippen LogP contribution is 1.80. The number of halogens is 1. The monoisotopic (exact) mass is 364 g/mol. The van der Waals surface area contributed by atoms with E-state index in [0.29, 0.717) is 25.6 Å². The van der Waals surface area contributed by atoms with Crippen molar-refractivity contribution in [2.45, 2.75) is 20.3 Å². The molecule has 0 aliphatic heterocycles. The van der Waals surface area contributed by atoms with Gasteiger partial charge >= 0.3 is 0 Å². The summed E-state index contributed by atoms with van der Waals surface area (Å²) in [5.41, 5.74) is 5.50. The van der Waals surface area contributed by atoms with Crippen molar-refractivity contribution in [3.63, 3.8) is 0 Å². The smallest absolute Gasteiger partial charge is 0.211 e. The van der Waals surface area contributed by atoms with E-state index in [1.165, 1.54) is 0 Å². The predicted octanol–water partition coefficient (Wildman–Crippen LogP) is -0.142. The maximum absolute atomic E-state index is 11.0. The largest absolute Gasteiger partial charge is 0.370 e. The van der Waals surface area contributed by atoms with Crippen LogP contribution in [0.15, 0.2) is 4.99 Å². The second kappa shape index (κ2) is 10.1. The van der Waals surface area contributed by atoms with Gasteiger partial charge < -0.3 is 11.1 Å². The molecule has 0 amide bonds. The Kier molecular flexibility index (Phi) is 11.5. The van der Waals surface area contributed by atoms with Crippen molar-refractivity contribution in [3.8, 4) is 0 Å². The highest BCUT2D eigenvalue weighted by molar-refractivity contribution is 14.0. The SMILES string of the molecule is CCCN=C(N)NCCNS(=O)(=O)CC.I. The third-order valence-corrected chi connectivity index (χ3v) is 3.04. The average Bonchev–Trinajstić information content (AvgIpc) is 2.21. The Morgan fingerprint density at radius 3 is 2.44 bits per heavy atom. The zero-order chi connectivity index (χ0) is 11.7. The first kappa shape index (κ1) is 18.3. The van der Waals surface area contributed by atoms with Crippen LogP contribution in [-0.2, 0) is 10.0 Å². The van der Waals surface area contributed by atoms with E-state index in [9.17, 15) is 8.42 Å². The van der Waals surface area contributed by atoms with Crippen molar-refractivity contribution >= 4 is 40.0 Å². The fourth-order valence-electron chi connectivity index (χ4n) is 0.787. The van der Waals surface area contributed by atoms with E-state index in [-0.39, 0.29) is 29.7 Å². The summed E-state index contributed by atoms with van der Waals surface area (Å²) in [6, 6.07) is 0. The summed E-state index contributed by atoms with van der Waals surface area (Å²) in [6.07, 6.45) is 0.935. The molecule has 0 aliphatic rings. The lowest BCUT2D eigenvalue weighted by atomic mass is 10.5. The molecule has 0 rings (SSSR count). The Hall–Kier alpha value is -0.0900. The van der Waals surface area contributed by atoms with Crippen LogP contribution in [0.3, 0.4) is 0 Å². The van der Waals surface area contributed by atoms with Crippen molar-refractivity contribution in [3.05, 3.63) is 0 Å². The van der Waals surface area contributed by atoms with Crippen molar-refractivity contribution in [1.82, 2.24) is 10.0 Å². The molecule has 6 nitrogen and oxygen atoms in total. The summed E-state index contributed by atoms with van der Waals surface area (Å²) in [7, 11) is -3.11. The molecule has 0 aliphatic carbocycles. The van der Waals surface area contributed by atoms with Crippen molar-refractivity contribution in [2.75, 3.05) is 25.4 Å². The van der Waals surface area contributed by atoms with Gasteiger partial charge in [0, 0.05) is 19.6 Å². The van der Waals surface area contributed by atoms with Crippen LogP contribution in [0, 0.1) is 0 Å². The third-order valence-electron chi connectivity index (χ3n) is 1.64. The molecular weight excluding hydrogens is 343 g/mol. The van der Waals surface area contributed by atoms with Gasteiger partial charge in [0.1, 0.15) is 0 Å². The van der Waals surface area contributed by atoms with Crippen LogP contribution in [0.1, 0.15) is 20.3 Å². The lowest BCUT2D eigenvalue weighted by Crippen LogP contribution is -2.38. The van der Waals surface area contributed by atoms with Gasteiger partial charge in [0.15, 0.2) is 5.96 Å². The molecule has 0 bridgehead atoms. The first-order valence-electron chi connectivity index (χ1n) is 5.03. The van der Waals surface area contributed by atoms with Crippen LogP contribution in [0.5, 0.6) is 0 Å². The lowest BCUT2D eigenvalue weighted by Gasteiger charge is -2.06. The first-order chi connectivity index (χ1) is 7.02. The number of guanidine groups is 1. The molecule has 0 fully saturated rings. The molecule has 0 radical (unpaired) electrons. The highest BCUT2D eigenvalue weighted by Gasteiger charge is 2.03. The Morgan fingerprint density at radius 2 is 1.94 bits per heavy atom. The quantitative estimate of drug-likeness (QED) is 0.254. The third kappa shape index (κ3) is 10.4. The van der Waals surface area contributed by atoms with Gasteiger partial charge in [-0.2, -0.15) is 0 Å². The zero-order valence-electron chi connectivity index (χ0n) is 9.69. The number of rotatable bonds is 7. The van der Waals surface area contributed by atoms with Crippen LogP contribution in [0.4, 0.5) is 0 Å².